The molecule has 1 unspecified atom stereocenters. The highest BCUT2D eigenvalue weighted by molar-refractivity contribution is 5.96. The molecule has 0 radical (unpaired) electrons. The van der Waals surface area contributed by atoms with Crippen LogP contribution in [0.3, 0.4) is 0 Å². The van der Waals surface area contributed by atoms with Crippen molar-refractivity contribution in [1.29, 1.82) is 0 Å². The molecule has 1 atom stereocenters. The second kappa shape index (κ2) is 11.2. The largest absolute Gasteiger partial charge is 0.494 e. The lowest BCUT2D eigenvalue weighted by atomic mass is 10.1. The van der Waals surface area contributed by atoms with Crippen LogP contribution in [0.2, 0.25) is 0 Å². The van der Waals surface area contributed by atoms with Gasteiger partial charge in [-0.1, -0.05) is 13.0 Å². The minimum absolute atomic E-state index is 0.0923. The highest BCUT2D eigenvalue weighted by Gasteiger charge is 2.16. The van der Waals surface area contributed by atoms with Gasteiger partial charge in [-0.25, -0.2) is 0 Å². The van der Waals surface area contributed by atoms with E-state index in [0.717, 1.165) is 31.6 Å². The monoisotopic (exact) mass is 411 g/mol. The average Bonchev–Trinajstić information content (AvgIpc) is 3.29. The number of hydrogen-bond donors (Lipinski definition) is 3. The summed E-state index contributed by atoms with van der Waals surface area (Å²) in [6.07, 6.45) is 3.07. The van der Waals surface area contributed by atoms with E-state index in [-0.39, 0.29) is 24.5 Å². The van der Waals surface area contributed by atoms with E-state index in [1.165, 1.54) is 0 Å². The summed E-state index contributed by atoms with van der Waals surface area (Å²) in [6.45, 7) is 4.09. The summed E-state index contributed by atoms with van der Waals surface area (Å²) < 4.78 is 11.1. The van der Waals surface area contributed by atoms with Crippen LogP contribution in [0, 0.1) is 0 Å². The Hall–Kier alpha value is -3.06. The van der Waals surface area contributed by atoms with Gasteiger partial charge in [-0.2, -0.15) is 0 Å². The molecule has 1 fully saturated rings. The van der Waals surface area contributed by atoms with Crippen LogP contribution in [0.25, 0.3) is 0 Å². The fourth-order valence-corrected chi connectivity index (χ4v) is 3.13. The summed E-state index contributed by atoms with van der Waals surface area (Å²) in [7, 11) is 0. The maximum absolute atomic E-state index is 12.3. The fraction of sp³-hybridized carbons (Fsp3) is 0.391. The molecule has 0 bridgehead atoms. The maximum Gasteiger partial charge on any atom is 0.251 e. The Kier molecular flexibility index (Phi) is 8.09. The number of carbonyl (C=O) groups excluding carboxylic acids is 2. The minimum atomic E-state index is -0.175. The zero-order valence-corrected chi connectivity index (χ0v) is 17.3. The first-order chi connectivity index (χ1) is 14.6. The van der Waals surface area contributed by atoms with E-state index >= 15 is 0 Å². The first-order valence-corrected chi connectivity index (χ1v) is 10.4. The van der Waals surface area contributed by atoms with Gasteiger partial charge in [0.1, 0.15) is 5.75 Å². The van der Waals surface area contributed by atoms with Crippen LogP contribution in [-0.2, 0) is 9.53 Å². The van der Waals surface area contributed by atoms with Crippen molar-refractivity contribution in [3.8, 4) is 5.75 Å². The van der Waals surface area contributed by atoms with Crippen LogP contribution in [-0.4, -0.2) is 44.2 Å². The predicted octanol–water partition coefficient (Wildman–Crippen LogP) is 3.43. The SMILES string of the molecule is CCCOc1ccc(NC(=O)CNc2cccc(C(=O)NCC3CCCO3)c2)cc1. The number of carbonyl (C=O) groups is 2. The first-order valence-electron chi connectivity index (χ1n) is 10.4. The fourth-order valence-electron chi connectivity index (χ4n) is 3.13. The average molecular weight is 412 g/mol. The van der Waals surface area contributed by atoms with Crippen molar-refractivity contribution in [2.75, 3.05) is 36.9 Å². The van der Waals surface area contributed by atoms with Gasteiger partial charge < -0.3 is 25.4 Å². The van der Waals surface area contributed by atoms with Gasteiger partial charge in [-0.3, -0.25) is 9.59 Å². The van der Waals surface area contributed by atoms with E-state index in [4.69, 9.17) is 9.47 Å². The van der Waals surface area contributed by atoms with Gasteiger partial charge in [-0.15, -0.1) is 0 Å². The van der Waals surface area contributed by atoms with Crippen LogP contribution in [0.4, 0.5) is 11.4 Å². The number of rotatable bonds is 10. The molecule has 160 valence electrons. The first kappa shape index (κ1) is 21.6. The summed E-state index contributed by atoms with van der Waals surface area (Å²) in [5, 5.41) is 8.79. The molecule has 0 spiro atoms. The van der Waals surface area contributed by atoms with Gasteiger partial charge in [0.25, 0.3) is 5.91 Å². The highest BCUT2D eigenvalue weighted by Crippen LogP contribution is 2.16. The summed E-state index contributed by atoms with van der Waals surface area (Å²) in [5.41, 5.74) is 1.95. The summed E-state index contributed by atoms with van der Waals surface area (Å²) >= 11 is 0. The summed E-state index contributed by atoms with van der Waals surface area (Å²) in [4.78, 5) is 24.6. The van der Waals surface area contributed by atoms with Gasteiger partial charge in [-0.05, 0) is 61.7 Å². The van der Waals surface area contributed by atoms with E-state index in [1.54, 1.807) is 18.2 Å². The molecule has 7 nitrogen and oxygen atoms in total. The van der Waals surface area contributed by atoms with E-state index in [0.29, 0.717) is 30.1 Å². The van der Waals surface area contributed by atoms with Crippen LogP contribution >= 0.6 is 0 Å². The van der Waals surface area contributed by atoms with E-state index in [9.17, 15) is 9.59 Å². The Morgan fingerprint density at radius 3 is 2.70 bits per heavy atom. The zero-order valence-electron chi connectivity index (χ0n) is 17.3. The molecule has 7 heteroatoms. The van der Waals surface area contributed by atoms with Gasteiger partial charge in [0, 0.05) is 30.1 Å². The molecule has 0 aromatic heterocycles. The van der Waals surface area contributed by atoms with Crippen LogP contribution in [0.15, 0.2) is 48.5 Å². The molecule has 2 aromatic rings. The molecule has 1 aliphatic rings. The predicted molar refractivity (Wildman–Crippen MR) is 117 cm³/mol. The molecule has 1 aliphatic heterocycles. The maximum atomic E-state index is 12.3. The Morgan fingerprint density at radius 1 is 1.13 bits per heavy atom. The Morgan fingerprint density at radius 2 is 1.97 bits per heavy atom. The third-order valence-electron chi connectivity index (χ3n) is 4.70. The van der Waals surface area contributed by atoms with E-state index in [2.05, 4.69) is 22.9 Å². The number of hydrogen-bond acceptors (Lipinski definition) is 5. The second-order valence-electron chi connectivity index (χ2n) is 7.20. The molecule has 1 heterocycles. The third kappa shape index (κ3) is 6.77. The van der Waals surface area contributed by atoms with Crippen molar-refractivity contribution in [1.82, 2.24) is 5.32 Å². The van der Waals surface area contributed by atoms with Crippen molar-refractivity contribution < 1.29 is 19.1 Å². The highest BCUT2D eigenvalue weighted by atomic mass is 16.5. The Balaban J connectivity index is 1.45. The quantitative estimate of drug-likeness (QED) is 0.557. The van der Waals surface area contributed by atoms with Crippen molar-refractivity contribution in [2.24, 2.45) is 0 Å². The summed E-state index contributed by atoms with van der Waals surface area (Å²) in [5.74, 6) is 0.456. The number of nitrogens with one attached hydrogen (secondary N) is 3. The number of amides is 2. The Bertz CT molecular complexity index is 833. The lowest BCUT2D eigenvalue weighted by Gasteiger charge is -2.12. The van der Waals surface area contributed by atoms with Gasteiger partial charge in [0.05, 0.1) is 19.3 Å². The van der Waals surface area contributed by atoms with Crippen molar-refractivity contribution >= 4 is 23.2 Å². The Labute approximate surface area is 177 Å². The van der Waals surface area contributed by atoms with Crippen LogP contribution < -0.4 is 20.7 Å². The molecule has 0 aliphatic carbocycles. The summed E-state index contributed by atoms with van der Waals surface area (Å²) in [6, 6.07) is 14.4. The number of anilines is 2. The number of ether oxygens (including phenoxy) is 2. The molecule has 3 N–H and O–H groups in total. The molecule has 1 saturated heterocycles. The van der Waals surface area contributed by atoms with Crippen LogP contribution in [0.1, 0.15) is 36.5 Å². The number of benzene rings is 2. The van der Waals surface area contributed by atoms with E-state index in [1.807, 2.05) is 30.3 Å². The second-order valence-corrected chi connectivity index (χ2v) is 7.20. The zero-order chi connectivity index (χ0) is 21.2. The standard InChI is InChI=1S/C23H29N3O4/c1-2-12-29-20-10-8-18(9-11-20)26-22(27)16-24-19-6-3-5-17(14-19)23(28)25-15-21-7-4-13-30-21/h3,5-6,8-11,14,21,24H,2,4,7,12-13,15-16H2,1H3,(H,25,28)(H,26,27). The van der Waals surface area contributed by atoms with Gasteiger partial charge in [0.15, 0.2) is 0 Å². The van der Waals surface area contributed by atoms with Gasteiger partial charge in [0.2, 0.25) is 5.91 Å². The van der Waals surface area contributed by atoms with E-state index < -0.39 is 0 Å². The topological polar surface area (TPSA) is 88.7 Å². The normalized spacial score (nSPS) is 15.4. The molecule has 3 rings (SSSR count). The lowest BCUT2D eigenvalue weighted by molar-refractivity contribution is -0.114. The lowest BCUT2D eigenvalue weighted by Crippen LogP contribution is -2.31. The van der Waals surface area contributed by atoms with Crippen LogP contribution in [0.5, 0.6) is 5.75 Å². The molecule has 2 aromatic carbocycles. The third-order valence-corrected chi connectivity index (χ3v) is 4.70. The minimum Gasteiger partial charge on any atom is -0.494 e. The molecular formula is C23H29N3O4. The molecule has 0 saturated carbocycles. The molecular weight excluding hydrogens is 382 g/mol. The smallest absolute Gasteiger partial charge is 0.251 e. The van der Waals surface area contributed by atoms with Crippen molar-refractivity contribution in [2.45, 2.75) is 32.3 Å². The van der Waals surface area contributed by atoms with Gasteiger partial charge >= 0.3 is 0 Å². The molecule has 30 heavy (non-hydrogen) atoms. The van der Waals surface area contributed by atoms with Crippen molar-refractivity contribution in [3.05, 3.63) is 54.1 Å². The van der Waals surface area contributed by atoms with Crippen molar-refractivity contribution in [3.63, 3.8) is 0 Å². The molecule has 2 amide bonds.